The first-order valence-electron chi connectivity index (χ1n) is 8.82. The summed E-state index contributed by atoms with van der Waals surface area (Å²) in [7, 11) is -3.81. The van der Waals surface area contributed by atoms with Gasteiger partial charge in [0.2, 0.25) is 10.0 Å². The van der Waals surface area contributed by atoms with Crippen molar-refractivity contribution in [2.24, 2.45) is 0 Å². The maximum atomic E-state index is 12.6. The Bertz CT molecular complexity index is 937. The SMILES string of the molecule is CCOc1ccc(C(=O)Nc2ccc(C)c(C)c2)cc1S(=O)(=O)NC(C)C. The van der Waals surface area contributed by atoms with E-state index in [2.05, 4.69) is 10.0 Å². The maximum Gasteiger partial charge on any atom is 0.255 e. The van der Waals surface area contributed by atoms with Crippen molar-refractivity contribution in [3.05, 3.63) is 53.1 Å². The summed E-state index contributed by atoms with van der Waals surface area (Å²) in [4.78, 5) is 12.6. The van der Waals surface area contributed by atoms with Gasteiger partial charge in [-0.3, -0.25) is 4.79 Å². The van der Waals surface area contributed by atoms with Gasteiger partial charge < -0.3 is 10.1 Å². The molecule has 6 nitrogen and oxygen atoms in total. The van der Waals surface area contributed by atoms with Gasteiger partial charge in [-0.05, 0) is 76.1 Å². The summed E-state index contributed by atoms with van der Waals surface area (Å²) in [5.74, 6) is -0.171. The molecule has 0 radical (unpaired) electrons. The fourth-order valence-electron chi connectivity index (χ4n) is 2.53. The molecular formula is C20H26N2O4S. The Morgan fingerprint density at radius 1 is 1.07 bits per heavy atom. The van der Waals surface area contributed by atoms with E-state index in [0.29, 0.717) is 12.3 Å². The van der Waals surface area contributed by atoms with Crippen LogP contribution in [0.5, 0.6) is 5.75 Å². The molecule has 0 saturated heterocycles. The van der Waals surface area contributed by atoms with Crippen LogP contribution in [0, 0.1) is 13.8 Å². The standard InChI is InChI=1S/C20H26N2O4S/c1-6-26-18-10-8-16(12-19(18)27(24,25)22-13(2)3)20(23)21-17-9-7-14(4)15(5)11-17/h7-13,22H,6H2,1-5H3,(H,21,23). The van der Waals surface area contributed by atoms with E-state index in [4.69, 9.17) is 4.74 Å². The third-order valence-corrected chi connectivity index (χ3v) is 5.63. The van der Waals surface area contributed by atoms with Gasteiger partial charge in [0.25, 0.3) is 5.91 Å². The third kappa shape index (κ3) is 5.30. The van der Waals surface area contributed by atoms with Crippen LogP contribution in [0.3, 0.4) is 0 Å². The van der Waals surface area contributed by atoms with Crippen molar-refractivity contribution in [3.63, 3.8) is 0 Å². The molecule has 0 bridgehead atoms. The minimum absolute atomic E-state index is 0.0502. The van der Waals surface area contributed by atoms with Gasteiger partial charge >= 0.3 is 0 Å². The molecule has 0 saturated carbocycles. The van der Waals surface area contributed by atoms with Crippen molar-refractivity contribution in [2.75, 3.05) is 11.9 Å². The minimum atomic E-state index is -3.81. The molecular weight excluding hydrogens is 364 g/mol. The van der Waals surface area contributed by atoms with Crippen LogP contribution < -0.4 is 14.8 Å². The number of aryl methyl sites for hydroxylation is 2. The van der Waals surface area contributed by atoms with Gasteiger partial charge in [0, 0.05) is 17.3 Å². The Morgan fingerprint density at radius 2 is 1.78 bits per heavy atom. The van der Waals surface area contributed by atoms with Crippen LogP contribution in [-0.4, -0.2) is 27.0 Å². The monoisotopic (exact) mass is 390 g/mol. The Morgan fingerprint density at radius 3 is 2.37 bits per heavy atom. The number of ether oxygens (including phenoxy) is 1. The smallest absolute Gasteiger partial charge is 0.255 e. The Hall–Kier alpha value is -2.38. The van der Waals surface area contributed by atoms with E-state index >= 15 is 0 Å². The molecule has 0 aliphatic rings. The number of carbonyl (C=O) groups is 1. The molecule has 27 heavy (non-hydrogen) atoms. The van der Waals surface area contributed by atoms with Crippen molar-refractivity contribution < 1.29 is 17.9 Å². The highest BCUT2D eigenvalue weighted by molar-refractivity contribution is 7.89. The number of carbonyl (C=O) groups excluding carboxylic acids is 1. The van der Waals surface area contributed by atoms with Gasteiger partial charge in [-0.1, -0.05) is 6.07 Å². The molecule has 0 atom stereocenters. The number of benzene rings is 2. The normalized spacial score (nSPS) is 11.5. The number of rotatable bonds is 7. The molecule has 2 rings (SSSR count). The molecule has 2 aromatic rings. The lowest BCUT2D eigenvalue weighted by molar-refractivity contribution is 0.102. The number of anilines is 1. The molecule has 0 aliphatic carbocycles. The first kappa shape index (κ1) is 20.9. The van der Waals surface area contributed by atoms with Crippen molar-refractivity contribution in [1.82, 2.24) is 4.72 Å². The Kier molecular flexibility index (Phi) is 6.62. The maximum absolute atomic E-state index is 12.6. The molecule has 2 N–H and O–H groups in total. The molecule has 2 aromatic carbocycles. The number of sulfonamides is 1. The van der Waals surface area contributed by atoms with Gasteiger partial charge in [-0.15, -0.1) is 0 Å². The van der Waals surface area contributed by atoms with E-state index in [1.165, 1.54) is 12.1 Å². The summed E-state index contributed by atoms with van der Waals surface area (Å²) < 4.78 is 33.2. The fraction of sp³-hybridized carbons (Fsp3) is 0.350. The number of amides is 1. The highest BCUT2D eigenvalue weighted by Gasteiger charge is 2.22. The van der Waals surface area contributed by atoms with Gasteiger partial charge in [-0.25, -0.2) is 13.1 Å². The largest absolute Gasteiger partial charge is 0.492 e. The fourth-order valence-corrected chi connectivity index (χ4v) is 3.95. The molecule has 0 unspecified atom stereocenters. The van der Waals surface area contributed by atoms with E-state index in [9.17, 15) is 13.2 Å². The number of hydrogen-bond donors (Lipinski definition) is 2. The summed E-state index contributed by atoms with van der Waals surface area (Å²) in [6.45, 7) is 9.50. The van der Waals surface area contributed by atoms with Crippen LogP contribution in [0.25, 0.3) is 0 Å². The summed E-state index contributed by atoms with van der Waals surface area (Å²) in [6, 6.07) is 9.73. The second-order valence-corrected chi connectivity index (χ2v) is 8.31. The zero-order valence-corrected chi connectivity index (χ0v) is 17.1. The lowest BCUT2D eigenvalue weighted by Crippen LogP contribution is -2.30. The average molecular weight is 391 g/mol. The van der Waals surface area contributed by atoms with Crippen LogP contribution >= 0.6 is 0 Å². The van der Waals surface area contributed by atoms with Crippen molar-refractivity contribution in [1.29, 1.82) is 0 Å². The van der Waals surface area contributed by atoms with Crippen molar-refractivity contribution in [3.8, 4) is 5.75 Å². The highest BCUT2D eigenvalue weighted by Crippen LogP contribution is 2.26. The van der Waals surface area contributed by atoms with Gasteiger partial charge in [0.1, 0.15) is 10.6 Å². The van der Waals surface area contributed by atoms with Crippen molar-refractivity contribution >= 4 is 21.6 Å². The van der Waals surface area contributed by atoms with Gasteiger partial charge in [0.15, 0.2) is 0 Å². The Labute approximate surface area is 161 Å². The van der Waals surface area contributed by atoms with Crippen LogP contribution in [-0.2, 0) is 10.0 Å². The summed E-state index contributed by atoms with van der Waals surface area (Å²) in [5.41, 5.74) is 3.08. The second kappa shape index (κ2) is 8.54. The van der Waals surface area contributed by atoms with E-state index in [0.717, 1.165) is 11.1 Å². The molecule has 146 valence electrons. The van der Waals surface area contributed by atoms with E-state index in [-0.39, 0.29) is 28.2 Å². The second-order valence-electron chi connectivity index (χ2n) is 6.62. The number of nitrogens with one attached hydrogen (secondary N) is 2. The zero-order chi connectivity index (χ0) is 20.2. The lowest BCUT2D eigenvalue weighted by Gasteiger charge is -2.15. The summed E-state index contributed by atoms with van der Waals surface area (Å²) in [5, 5.41) is 2.80. The average Bonchev–Trinajstić information content (AvgIpc) is 2.57. The predicted molar refractivity (Wildman–Crippen MR) is 107 cm³/mol. The van der Waals surface area contributed by atoms with E-state index in [1.54, 1.807) is 26.8 Å². The minimum Gasteiger partial charge on any atom is -0.492 e. The molecule has 0 aliphatic heterocycles. The predicted octanol–water partition coefficient (Wildman–Crippen LogP) is 3.64. The topological polar surface area (TPSA) is 84.5 Å². The van der Waals surface area contributed by atoms with Gasteiger partial charge in [0.05, 0.1) is 6.61 Å². The first-order chi connectivity index (χ1) is 12.6. The summed E-state index contributed by atoms with van der Waals surface area (Å²) >= 11 is 0. The van der Waals surface area contributed by atoms with Crippen LogP contribution in [0.1, 0.15) is 42.3 Å². The summed E-state index contributed by atoms with van der Waals surface area (Å²) in [6.07, 6.45) is 0. The molecule has 1 amide bonds. The van der Waals surface area contributed by atoms with E-state index < -0.39 is 10.0 Å². The Balaban J connectivity index is 2.38. The molecule has 0 aromatic heterocycles. The first-order valence-corrected chi connectivity index (χ1v) is 10.3. The highest BCUT2D eigenvalue weighted by atomic mass is 32.2. The third-order valence-electron chi connectivity index (χ3n) is 3.95. The molecule has 0 spiro atoms. The van der Waals surface area contributed by atoms with Crippen LogP contribution in [0.2, 0.25) is 0 Å². The molecule has 0 fully saturated rings. The van der Waals surface area contributed by atoms with Crippen molar-refractivity contribution in [2.45, 2.75) is 45.6 Å². The zero-order valence-electron chi connectivity index (χ0n) is 16.3. The van der Waals surface area contributed by atoms with Crippen LogP contribution in [0.15, 0.2) is 41.3 Å². The molecule has 7 heteroatoms. The van der Waals surface area contributed by atoms with Gasteiger partial charge in [-0.2, -0.15) is 0 Å². The molecule has 0 heterocycles. The number of hydrogen-bond acceptors (Lipinski definition) is 4. The van der Waals surface area contributed by atoms with Crippen LogP contribution in [0.4, 0.5) is 5.69 Å². The van der Waals surface area contributed by atoms with E-state index in [1.807, 2.05) is 32.0 Å². The quantitative estimate of drug-likeness (QED) is 0.756. The lowest BCUT2D eigenvalue weighted by atomic mass is 10.1.